The fourth-order valence-electron chi connectivity index (χ4n) is 0.309. The normalized spacial score (nSPS) is 14.8. The van der Waals surface area contributed by atoms with Crippen LogP contribution in [-0.4, -0.2) is 34.3 Å². The Hall–Kier alpha value is -0.560. The highest BCUT2D eigenvalue weighted by Crippen LogP contribution is 2.32. The lowest BCUT2D eigenvalue weighted by Crippen LogP contribution is -2.39. The number of hydrogen-bond acceptors (Lipinski definition) is 5. The van der Waals surface area contributed by atoms with Gasteiger partial charge in [-0.1, -0.05) is 0 Å². The van der Waals surface area contributed by atoms with E-state index in [0.29, 0.717) is 0 Å². The van der Waals surface area contributed by atoms with Gasteiger partial charge in [-0.3, -0.25) is 0 Å². The third-order valence-electron chi connectivity index (χ3n) is 0.990. The highest BCUT2D eigenvalue weighted by Gasteiger charge is 2.58. The summed E-state index contributed by atoms with van der Waals surface area (Å²) in [4.78, 5) is 0. The van der Waals surface area contributed by atoms with Crippen LogP contribution in [0.15, 0.2) is 0 Å². The van der Waals surface area contributed by atoms with E-state index < -0.39 is 37.7 Å². The Morgan fingerprint density at radius 1 is 0.938 bits per heavy atom. The largest absolute Gasteiger partial charge is 0.429 e. The van der Waals surface area contributed by atoms with E-state index in [1.807, 2.05) is 0 Å². The van der Waals surface area contributed by atoms with E-state index in [1.165, 1.54) is 0 Å². The molecule has 16 heavy (non-hydrogen) atoms. The van der Waals surface area contributed by atoms with E-state index in [0.717, 1.165) is 0 Å². The second kappa shape index (κ2) is 4.37. The summed E-state index contributed by atoms with van der Waals surface area (Å²) < 4.78 is 113. The summed E-state index contributed by atoms with van der Waals surface area (Å²) in [5.74, 6) is -4.46. The first-order valence-corrected chi connectivity index (χ1v) is 5.86. The Labute approximate surface area is 85.2 Å². The molecule has 0 spiro atoms. The Morgan fingerprint density at radius 2 is 1.31 bits per heavy atom. The van der Waals surface area contributed by atoms with Gasteiger partial charge in [-0.25, -0.2) is 8.78 Å². The van der Waals surface area contributed by atoms with E-state index in [4.69, 9.17) is 0 Å². The van der Waals surface area contributed by atoms with E-state index in [-0.39, 0.29) is 0 Å². The van der Waals surface area contributed by atoms with Crippen molar-refractivity contribution < 1.29 is 46.8 Å². The third kappa shape index (κ3) is 2.98. The number of halogens is 6. The van der Waals surface area contributed by atoms with Crippen molar-refractivity contribution in [2.75, 3.05) is 0 Å². The smallest absolute Gasteiger partial charge is 0.202 e. The zero-order valence-electron chi connectivity index (χ0n) is 6.78. The molecule has 0 saturated heterocycles. The van der Waals surface area contributed by atoms with Crippen molar-refractivity contribution >= 4 is 20.2 Å². The van der Waals surface area contributed by atoms with E-state index >= 15 is 0 Å². The van der Waals surface area contributed by atoms with Crippen LogP contribution in [-0.2, 0) is 23.9 Å². The van der Waals surface area contributed by atoms with E-state index in [2.05, 4.69) is 3.63 Å². The molecule has 0 fully saturated rings. The molecular formula is C3H2F6O5S2. The van der Waals surface area contributed by atoms with Gasteiger partial charge in [0.15, 0.2) is 0 Å². The van der Waals surface area contributed by atoms with Crippen molar-refractivity contribution in [1.82, 2.24) is 0 Å². The van der Waals surface area contributed by atoms with Crippen LogP contribution < -0.4 is 0 Å². The molecule has 0 aromatic heterocycles. The molecule has 0 N–H and O–H groups in total. The first kappa shape index (κ1) is 15.4. The van der Waals surface area contributed by atoms with Crippen LogP contribution in [0.3, 0.4) is 0 Å². The maximum Gasteiger partial charge on any atom is 0.429 e. The van der Waals surface area contributed by atoms with Crippen LogP contribution in [0.5, 0.6) is 0 Å². The lowest BCUT2D eigenvalue weighted by Gasteiger charge is -2.14. The molecule has 0 radical (unpaired) electrons. The summed E-state index contributed by atoms with van der Waals surface area (Å²) in [5.41, 5.74) is 0. The minimum Gasteiger partial charge on any atom is -0.202 e. The number of hydrogen-bond donors (Lipinski definition) is 0. The first-order valence-electron chi connectivity index (χ1n) is 2.98. The lowest BCUT2D eigenvalue weighted by atomic mass is 10.7. The second-order valence-electron chi connectivity index (χ2n) is 2.14. The fourth-order valence-corrected chi connectivity index (χ4v) is 2.13. The van der Waals surface area contributed by atoms with Gasteiger partial charge in [-0.15, -0.1) is 3.63 Å². The Bertz CT molecular complexity index is 437. The molecule has 0 unspecified atom stereocenters. The molecule has 0 aliphatic heterocycles. The van der Waals surface area contributed by atoms with Gasteiger partial charge in [0, 0.05) is 0 Å². The average Bonchev–Trinajstić information content (AvgIpc) is 2.00. The summed E-state index contributed by atoms with van der Waals surface area (Å²) in [6, 6.07) is 0. The van der Waals surface area contributed by atoms with Crippen molar-refractivity contribution in [3.8, 4) is 0 Å². The van der Waals surface area contributed by atoms with Crippen LogP contribution in [0.25, 0.3) is 0 Å². The average molecular weight is 296 g/mol. The van der Waals surface area contributed by atoms with Crippen LogP contribution in [0.1, 0.15) is 0 Å². The number of rotatable bonds is 5. The number of alkyl halides is 6. The van der Waals surface area contributed by atoms with Gasteiger partial charge >= 0.3 is 37.7 Å². The van der Waals surface area contributed by atoms with Crippen LogP contribution in [0.4, 0.5) is 26.3 Å². The van der Waals surface area contributed by atoms with Crippen molar-refractivity contribution in [2.24, 2.45) is 0 Å². The van der Waals surface area contributed by atoms with Gasteiger partial charge in [0.05, 0.1) is 0 Å². The quantitative estimate of drug-likeness (QED) is 0.699. The summed E-state index contributed by atoms with van der Waals surface area (Å²) in [6.07, 6.45) is -4.83. The van der Waals surface area contributed by atoms with Crippen molar-refractivity contribution in [2.45, 2.75) is 17.4 Å². The molecule has 0 amide bonds. The molecule has 0 saturated carbocycles. The fraction of sp³-hybridized carbons (Fsp3) is 1.00. The molecule has 0 aromatic rings. The maximum absolute atomic E-state index is 12.1. The van der Waals surface area contributed by atoms with Crippen LogP contribution in [0.2, 0.25) is 0 Å². The zero-order chi connectivity index (χ0) is 13.4. The van der Waals surface area contributed by atoms with Crippen LogP contribution >= 0.6 is 0 Å². The van der Waals surface area contributed by atoms with Gasteiger partial charge in [-0.2, -0.15) is 34.4 Å². The molecule has 0 atom stereocenters. The van der Waals surface area contributed by atoms with Gasteiger partial charge in [-0.05, 0) is 0 Å². The molecular weight excluding hydrogens is 294 g/mol. The predicted octanol–water partition coefficient (Wildman–Crippen LogP) is 0.743. The maximum atomic E-state index is 12.1. The Morgan fingerprint density at radius 3 is 1.56 bits per heavy atom. The second-order valence-corrected chi connectivity index (χ2v) is 5.48. The molecule has 98 valence electrons. The first-order chi connectivity index (χ1) is 6.84. The Kier molecular flexibility index (Phi) is 4.21. The van der Waals surface area contributed by atoms with Crippen molar-refractivity contribution in [3.05, 3.63) is 0 Å². The van der Waals surface area contributed by atoms with Crippen LogP contribution in [0, 0.1) is 0 Å². The topological polar surface area (TPSA) is 77.5 Å². The van der Waals surface area contributed by atoms with Crippen molar-refractivity contribution in [1.29, 1.82) is 0 Å². The molecule has 0 rings (SSSR count). The molecule has 0 heterocycles. The minimum atomic E-state index is -6.71. The summed E-state index contributed by atoms with van der Waals surface area (Å²) in [6.45, 7) is 0. The molecule has 0 aliphatic carbocycles. The molecule has 0 aromatic carbocycles. The molecule has 13 heteroatoms. The van der Waals surface area contributed by atoms with E-state index in [9.17, 15) is 43.2 Å². The molecule has 0 bridgehead atoms. The predicted molar refractivity (Wildman–Crippen MR) is 35.9 cm³/mol. The standard InChI is InChI=1S/C3H2F6O5S2/c4-1(5)3(8,9)16(12,13)14-15(10,11)2(6)7/h1-2H. The lowest BCUT2D eigenvalue weighted by molar-refractivity contribution is -0.0680. The van der Waals surface area contributed by atoms with Gasteiger partial charge < -0.3 is 0 Å². The highest BCUT2D eigenvalue weighted by molar-refractivity contribution is 8.00. The van der Waals surface area contributed by atoms with Gasteiger partial charge in [0.1, 0.15) is 0 Å². The summed E-state index contributed by atoms with van der Waals surface area (Å²) >= 11 is 0. The molecule has 5 nitrogen and oxygen atoms in total. The highest BCUT2D eigenvalue weighted by atomic mass is 32.3. The van der Waals surface area contributed by atoms with E-state index in [1.54, 1.807) is 0 Å². The van der Waals surface area contributed by atoms with Gasteiger partial charge in [0.2, 0.25) is 0 Å². The third-order valence-corrected chi connectivity index (χ3v) is 3.75. The molecule has 0 aliphatic rings. The monoisotopic (exact) mass is 296 g/mol. The zero-order valence-corrected chi connectivity index (χ0v) is 8.41. The Balaban J connectivity index is 5.30. The SMILES string of the molecule is O=S(=O)(OS(=O)(=O)C(F)(F)C(F)F)C(F)F. The summed E-state index contributed by atoms with van der Waals surface area (Å²) in [7, 11) is -12.9. The summed E-state index contributed by atoms with van der Waals surface area (Å²) in [5, 5.41) is -5.91. The van der Waals surface area contributed by atoms with Crippen molar-refractivity contribution in [3.63, 3.8) is 0 Å². The van der Waals surface area contributed by atoms with Gasteiger partial charge in [0.25, 0.3) is 0 Å². The minimum absolute atomic E-state index is 2.38.